The minimum Gasteiger partial charge on any atom is -0.469 e. The lowest BCUT2D eigenvalue weighted by molar-refractivity contribution is -0.775. The molecule has 11 atom stereocenters. The topological polar surface area (TPSA) is 151 Å². The van der Waals surface area contributed by atoms with Crippen LogP contribution < -0.4 is 0 Å². The molecule has 0 aliphatic heterocycles. The van der Waals surface area contributed by atoms with E-state index in [4.69, 9.17) is 14.4 Å². The Balaban J connectivity index is 1.62. The Kier molecular flexibility index (Phi) is 7.43. The van der Waals surface area contributed by atoms with Gasteiger partial charge in [0.05, 0.1) is 13.2 Å². The summed E-state index contributed by atoms with van der Waals surface area (Å²) >= 11 is 0. The van der Waals surface area contributed by atoms with Gasteiger partial charge in [0.15, 0.2) is 0 Å². The zero-order valence-corrected chi connectivity index (χ0v) is 21.7. The van der Waals surface area contributed by atoms with Gasteiger partial charge in [-0.05, 0) is 92.3 Å². The molecule has 36 heavy (non-hydrogen) atoms. The van der Waals surface area contributed by atoms with E-state index in [0.29, 0.717) is 38.5 Å². The van der Waals surface area contributed by atoms with Gasteiger partial charge in [-0.1, -0.05) is 20.8 Å². The van der Waals surface area contributed by atoms with Crippen LogP contribution in [0.2, 0.25) is 0 Å². The van der Waals surface area contributed by atoms with Gasteiger partial charge < -0.3 is 19.5 Å². The van der Waals surface area contributed by atoms with E-state index in [2.05, 4.69) is 20.8 Å². The molecule has 4 fully saturated rings. The average Bonchev–Trinajstić information content (AvgIpc) is 3.16. The first-order valence-corrected chi connectivity index (χ1v) is 13.3. The standard InChI is InChI=1S/C25H40N2O9/c1-14(5-8-22(29)34-4)17-6-7-18-23-19(13-21(25(17,18)3)36-27(32)33)24(2)10-9-16(35-26(30)31)11-15(24)12-20(23)28/h14-21,23,28H,5-13H2,1-4H3/t14-,15+,16-,17-,18+,19+,20-,21+,23+,24+,25-/m1/s1. The molecule has 0 unspecified atom stereocenters. The molecule has 0 bridgehead atoms. The van der Waals surface area contributed by atoms with Crippen LogP contribution in [0.1, 0.15) is 78.6 Å². The Morgan fingerprint density at radius 2 is 1.75 bits per heavy atom. The highest BCUT2D eigenvalue weighted by Crippen LogP contribution is 2.69. The predicted molar refractivity (Wildman–Crippen MR) is 126 cm³/mol. The van der Waals surface area contributed by atoms with E-state index in [-0.39, 0.29) is 46.9 Å². The molecule has 4 rings (SSSR count). The first kappa shape index (κ1) is 26.9. The molecule has 0 saturated heterocycles. The second kappa shape index (κ2) is 9.95. The second-order valence-electron chi connectivity index (χ2n) is 12.2. The van der Waals surface area contributed by atoms with Crippen molar-refractivity contribution in [2.24, 2.45) is 46.3 Å². The lowest BCUT2D eigenvalue weighted by atomic mass is 9.43. The highest BCUT2D eigenvalue weighted by molar-refractivity contribution is 5.69. The van der Waals surface area contributed by atoms with Gasteiger partial charge in [0.1, 0.15) is 12.2 Å². The van der Waals surface area contributed by atoms with E-state index in [1.165, 1.54) is 7.11 Å². The number of aliphatic hydroxyl groups excluding tert-OH is 1. The van der Waals surface area contributed by atoms with Crippen LogP contribution in [0.3, 0.4) is 0 Å². The normalized spacial score (nSPS) is 44.4. The number of fused-ring (bicyclic) bond motifs is 5. The van der Waals surface area contributed by atoms with E-state index in [9.17, 15) is 30.1 Å². The molecule has 0 radical (unpaired) electrons. The summed E-state index contributed by atoms with van der Waals surface area (Å²) in [6.07, 6.45) is 3.83. The maximum atomic E-state index is 11.8. The van der Waals surface area contributed by atoms with Crippen molar-refractivity contribution in [3.05, 3.63) is 20.2 Å². The fraction of sp³-hybridized carbons (Fsp3) is 0.960. The molecule has 11 nitrogen and oxygen atoms in total. The number of carbonyl (C=O) groups is 1. The number of esters is 1. The predicted octanol–water partition coefficient (Wildman–Crippen LogP) is 3.97. The van der Waals surface area contributed by atoms with Crippen LogP contribution in [0.25, 0.3) is 0 Å². The summed E-state index contributed by atoms with van der Waals surface area (Å²) in [5.74, 6) is 0.133. The van der Waals surface area contributed by atoms with Crippen molar-refractivity contribution >= 4 is 5.97 Å². The Bertz CT molecular complexity index is 870. The summed E-state index contributed by atoms with van der Waals surface area (Å²) in [5.41, 5.74) is -0.700. The van der Waals surface area contributed by atoms with Crippen molar-refractivity contribution in [3.8, 4) is 0 Å². The highest BCUT2D eigenvalue weighted by atomic mass is 17.0. The van der Waals surface area contributed by atoms with Crippen molar-refractivity contribution in [1.82, 2.24) is 0 Å². The molecule has 4 saturated carbocycles. The third-order valence-corrected chi connectivity index (χ3v) is 10.9. The Morgan fingerprint density at radius 3 is 2.39 bits per heavy atom. The molecule has 4 aliphatic carbocycles. The van der Waals surface area contributed by atoms with E-state index in [1.807, 2.05) is 0 Å². The van der Waals surface area contributed by atoms with E-state index >= 15 is 0 Å². The van der Waals surface area contributed by atoms with Gasteiger partial charge >= 0.3 is 5.97 Å². The maximum absolute atomic E-state index is 11.8. The molecule has 1 N–H and O–H groups in total. The SMILES string of the molecule is COC(=O)CC[C@@H](C)[C@H]1CC[C@H]2[C@@H]3[C@H](O)C[C@@H]4C[C@H](O[N+](=O)[O-])CC[C@]4(C)[C@H]3C[C@H](O[N+](=O)[O-])[C@]12C. The van der Waals surface area contributed by atoms with Gasteiger partial charge in [0.25, 0.3) is 10.2 Å². The van der Waals surface area contributed by atoms with Gasteiger partial charge in [-0.2, -0.15) is 0 Å². The van der Waals surface area contributed by atoms with Gasteiger partial charge in [-0.25, -0.2) is 0 Å². The number of aliphatic hydroxyl groups is 1. The number of rotatable bonds is 8. The summed E-state index contributed by atoms with van der Waals surface area (Å²) in [6, 6.07) is 0. The number of hydrogen-bond donors (Lipinski definition) is 1. The van der Waals surface area contributed by atoms with Gasteiger partial charge in [0, 0.05) is 11.8 Å². The minimum atomic E-state index is -0.734. The number of hydrogen-bond acceptors (Lipinski definition) is 9. The largest absolute Gasteiger partial charge is 0.469 e. The minimum absolute atomic E-state index is 0.00588. The van der Waals surface area contributed by atoms with E-state index < -0.39 is 33.9 Å². The van der Waals surface area contributed by atoms with Gasteiger partial charge in [-0.15, -0.1) is 20.2 Å². The monoisotopic (exact) mass is 512 g/mol. The molecule has 0 spiro atoms. The van der Waals surface area contributed by atoms with Gasteiger partial charge in [-0.3, -0.25) is 4.79 Å². The lowest BCUT2D eigenvalue weighted by Crippen LogP contribution is -2.63. The number of nitrogens with zero attached hydrogens (tertiary/aromatic N) is 2. The first-order valence-electron chi connectivity index (χ1n) is 13.3. The van der Waals surface area contributed by atoms with Crippen molar-refractivity contribution in [2.45, 2.75) is 96.9 Å². The molecule has 11 heteroatoms. The zero-order valence-electron chi connectivity index (χ0n) is 21.7. The number of methoxy groups -OCH3 is 1. The van der Waals surface area contributed by atoms with Crippen LogP contribution in [-0.2, 0) is 19.2 Å². The fourth-order valence-corrected chi connectivity index (χ4v) is 9.22. The number of ether oxygens (including phenoxy) is 1. The van der Waals surface area contributed by atoms with Crippen molar-refractivity contribution < 1.29 is 34.5 Å². The Labute approximate surface area is 211 Å². The van der Waals surface area contributed by atoms with Crippen LogP contribution in [-0.4, -0.2) is 46.7 Å². The van der Waals surface area contributed by atoms with Gasteiger partial charge in [0.2, 0.25) is 0 Å². The molecule has 0 aromatic rings. The molecular weight excluding hydrogens is 472 g/mol. The summed E-state index contributed by atoms with van der Waals surface area (Å²) in [5, 5.41) is 32.6. The summed E-state index contributed by atoms with van der Waals surface area (Å²) in [6.45, 7) is 6.39. The van der Waals surface area contributed by atoms with Crippen molar-refractivity contribution in [1.29, 1.82) is 0 Å². The summed E-state index contributed by atoms with van der Waals surface area (Å²) in [4.78, 5) is 44.7. The molecular formula is C25H40N2O9. The lowest BCUT2D eigenvalue weighted by Gasteiger charge is -2.63. The first-order chi connectivity index (χ1) is 16.9. The second-order valence-corrected chi connectivity index (χ2v) is 12.2. The zero-order chi connectivity index (χ0) is 26.4. The van der Waals surface area contributed by atoms with E-state index in [0.717, 1.165) is 19.3 Å². The fourth-order valence-electron chi connectivity index (χ4n) is 9.22. The van der Waals surface area contributed by atoms with Crippen LogP contribution in [0, 0.1) is 66.6 Å². The van der Waals surface area contributed by atoms with Crippen LogP contribution in [0.15, 0.2) is 0 Å². The molecule has 0 amide bonds. The molecule has 0 aromatic carbocycles. The average molecular weight is 513 g/mol. The van der Waals surface area contributed by atoms with Crippen LogP contribution in [0.5, 0.6) is 0 Å². The highest BCUT2D eigenvalue weighted by Gasteiger charge is 2.66. The van der Waals surface area contributed by atoms with Crippen LogP contribution >= 0.6 is 0 Å². The Hall–Kier alpha value is -2.17. The molecule has 4 aliphatic rings. The number of carbonyl (C=O) groups excluding carboxylic acids is 1. The summed E-state index contributed by atoms with van der Waals surface area (Å²) < 4.78 is 4.81. The molecule has 204 valence electrons. The third-order valence-electron chi connectivity index (χ3n) is 10.9. The smallest absolute Gasteiger partial charge is 0.305 e. The summed E-state index contributed by atoms with van der Waals surface area (Å²) in [7, 11) is 1.37. The van der Waals surface area contributed by atoms with Crippen molar-refractivity contribution in [3.63, 3.8) is 0 Å². The molecule has 0 heterocycles. The quantitative estimate of drug-likeness (QED) is 0.289. The van der Waals surface area contributed by atoms with Crippen molar-refractivity contribution in [2.75, 3.05) is 7.11 Å². The maximum Gasteiger partial charge on any atom is 0.305 e. The van der Waals surface area contributed by atoms with E-state index in [1.54, 1.807) is 0 Å². The van der Waals surface area contributed by atoms with Crippen LogP contribution in [0.4, 0.5) is 0 Å². The Morgan fingerprint density at radius 1 is 1.06 bits per heavy atom. The molecule has 0 aromatic heterocycles. The third kappa shape index (κ3) is 4.52.